The molecule has 1 aliphatic carbocycles. The Morgan fingerprint density at radius 2 is 1.71 bits per heavy atom. The van der Waals surface area contributed by atoms with Gasteiger partial charge in [0.1, 0.15) is 0 Å². The lowest BCUT2D eigenvalue weighted by atomic mass is 9.79. The summed E-state index contributed by atoms with van der Waals surface area (Å²) in [5.41, 5.74) is 8.03. The van der Waals surface area contributed by atoms with Gasteiger partial charge in [-0.15, -0.1) is 0 Å². The molecule has 7 heteroatoms. The number of nitrogens with zero attached hydrogens (tertiary/aromatic N) is 1. The van der Waals surface area contributed by atoms with Gasteiger partial charge < -0.3 is 5.32 Å². The first-order valence-corrected chi connectivity index (χ1v) is 13.6. The number of urea groups is 1. The zero-order valence-electron chi connectivity index (χ0n) is 20.2. The van der Waals surface area contributed by atoms with Crippen LogP contribution in [0, 0.1) is 13.8 Å². The largest absolute Gasteiger partial charge is 0.334 e. The number of carbonyl (C=O) groups excluding carboxylic acids is 1. The molecule has 3 N–H and O–H groups in total. The van der Waals surface area contributed by atoms with E-state index in [0.29, 0.717) is 13.1 Å². The Morgan fingerprint density at radius 1 is 1.00 bits per heavy atom. The van der Waals surface area contributed by atoms with Crippen LogP contribution in [0.1, 0.15) is 47.9 Å². The molecule has 0 bridgehead atoms. The number of carbonyl (C=O) groups is 1. The van der Waals surface area contributed by atoms with E-state index in [4.69, 9.17) is 5.14 Å². The molecule has 0 saturated heterocycles. The summed E-state index contributed by atoms with van der Waals surface area (Å²) in [6.07, 6.45) is 4.54. The molecule has 3 aromatic rings. The summed E-state index contributed by atoms with van der Waals surface area (Å²) in [4.78, 5) is 15.2. The monoisotopic (exact) mass is 489 g/mol. The highest BCUT2D eigenvalue weighted by molar-refractivity contribution is 7.89. The number of fused-ring (bicyclic) bond motifs is 2. The van der Waals surface area contributed by atoms with Crippen LogP contribution in [0.3, 0.4) is 0 Å². The van der Waals surface area contributed by atoms with Crippen molar-refractivity contribution in [2.45, 2.75) is 56.4 Å². The van der Waals surface area contributed by atoms with E-state index in [0.717, 1.165) is 24.1 Å². The minimum absolute atomic E-state index is 0.0123. The maximum atomic E-state index is 13.3. The van der Waals surface area contributed by atoms with Gasteiger partial charge in [-0.25, -0.2) is 18.4 Å². The number of sulfonamides is 1. The molecule has 5 rings (SSSR count). The highest BCUT2D eigenvalue weighted by atomic mass is 32.2. The SMILES string of the molecule is Cc1ccc(-c2ccc3c(c2)C2(CCCC2)CN3C(=O)NCc2ccc(S(N)(=O)=O)cc2)c(C)c1. The van der Waals surface area contributed by atoms with Crippen molar-refractivity contribution in [2.75, 3.05) is 11.4 Å². The normalized spacial score (nSPS) is 16.5. The average molecular weight is 490 g/mol. The summed E-state index contributed by atoms with van der Waals surface area (Å²) in [5, 5.41) is 8.19. The van der Waals surface area contributed by atoms with Gasteiger partial charge in [-0.1, -0.05) is 54.8 Å². The number of anilines is 1. The van der Waals surface area contributed by atoms with Crippen molar-refractivity contribution in [3.8, 4) is 11.1 Å². The molecule has 1 fully saturated rings. The lowest BCUT2D eigenvalue weighted by molar-refractivity contribution is 0.245. The Balaban J connectivity index is 1.40. The fraction of sp³-hybridized carbons (Fsp3) is 0.321. The highest BCUT2D eigenvalue weighted by Gasteiger charge is 2.46. The molecule has 3 aromatic carbocycles. The number of nitrogens with two attached hydrogens (primary N) is 1. The third-order valence-electron chi connectivity index (χ3n) is 7.51. The van der Waals surface area contributed by atoms with E-state index in [1.807, 2.05) is 4.90 Å². The molecular formula is C28H31N3O3S. The van der Waals surface area contributed by atoms with Gasteiger partial charge in [0.2, 0.25) is 10.0 Å². The summed E-state index contributed by atoms with van der Waals surface area (Å²) < 4.78 is 22.9. The van der Waals surface area contributed by atoms with Crippen molar-refractivity contribution in [2.24, 2.45) is 5.14 Å². The number of benzene rings is 3. The minimum Gasteiger partial charge on any atom is -0.334 e. The van der Waals surface area contributed by atoms with E-state index in [2.05, 4.69) is 55.6 Å². The van der Waals surface area contributed by atoms with Gasteiger partial charge in [-0.05, 0) is 78.8 Å². The second-order valence-corrected chi connectivity index (χ2v) is 11.5. The van der Waals surface area contributed by atoms with Crippen molar-refractivity contribution in [3.05, 3.63) is 82.9 Å². The van der Waals surface area contributed by atoms with Crippen LogP contribution in [0.15, 0.2) is 65.6 Å². The van der Waals surface area contributed by atoms with Crippen LogP contribution in [-0.4, -0.2) is 21.0 Å². The molecule has 1 aliphatic heterocycles. The zero-order valence-corrected chi connectivity index (χ0v) is 21.0. The third kappa shape index (κ3) is 4.46. The zero-order chi connectivity index (χ0) is 24.8. The van der Waals surface area contributed by atoms with E-state index in [1.54, 1.807) is 12.1 Å². The Hall–Kier alpha value is -3.16. The molecule has 0 aromatic heterocycles. The van der Waals surface area contributed by atoms with E-state index < -0.39 is 10.0 Å². The maximum Gasteiger partial charge on any atom is 0.322 e. The number of amides is 2. The van der Waals surface area contributed by atoms with E-state index in [-0.39, 0.29) is 16.3 Å². The van der Waals surface area contributed by atoms with Gasteiger partial charge in [-0.3, -0.25) is 4.90 Å². The standard InChI is InChI=1S/C28H31N3O3S/c1-19-5-11-24(20(2)15-19)22-8-12-26-25(16-22)28(13-3-4-14-28)18-31(26)27(32)30-17-21-6-9-23(10-7-21)35(29,33)34/h5-12,15-16H,3-4,13-14,17-18H2,1-2H3,(H,30,32)(H2,29,33,34). The molecule has 1 spiro atoms. The lowest BCUT2D eigenvalue weighted by Crippen LogP contribution is -2.41. The Morgan fingerprint density at radius 3 is 2.37 bits per heavy atom. The second kappa shape index (κ2) is 8.81. The third-order valence-corrected chi connectivity index (χ3v) is 8.44. The van der Waals surface area contributed by atoms with E-state index in [9.17, 15) is 13.2 Å². The summed E-state index contributed by atoms with van der Waals surface area (Å²) in [6.45, 7) is 5.26. The highest BCUT2D eigenvalue weighted by Crippen LogP contribution is 2.51. The average Bonchev–Trinajstić information content (AvgIpc) is 3.42. The maximum absolute atomic E-state index is 13.3. The molecule has 6 nitrogen and oxygen atoms in total. The van der Waals surface area contributed by atoms with Crippen molar-refractivity contribution in [1.82, 2.24) is 5.32 Å². The van der Waals surface area contributed by atoms with E-state index in [1.165, 1.54) is 52.8 Å². The Labute approximate surface area is 207 Å². The molecule has 2 aliphatic rings. The minimum atomic E-state index is -3.73. The summed E-state index contributed by atoms with van der Waals surface area (Å²) in [6, 6.07) is 19.2. The van der Waals surface area contributed by atoms with Crippen LogP contribution in [0.2, 0.25) is 0 Å². The van der Waals surface area contributed by atoms with Crippen LogP contribution in [-0.2, 0) is 22.0 Å². The second-order valence-electron chi connectivity index (χ2n) is 9.97. The van der Waals surface area contributed by atoms with Crippen LogP contribution >= 0.6 is 0 Å². The molecule has 0 radical (unpaired) electrons. The van der Waals surface area contributed by atoms with Crippen molar-refractivity contribution in [3.63, 3.8) is 0 Å². The molecule has 1 saturated carbocycles. The van der Waals surface area contributed by atoms with Gasteiger partial charge in [-0.2, -0.15) is 0 Å². The summed E-state index contributed by atoms with van der Waals surface area (Å²) in [5.74, 6) is 0. The van der Waals surface area contributed by atoms with Crippen LogP contribution in [0.4, 0.5) is 10.5 Å². The first kappa shape index (κ1) is 23.6. The van der Waals surface area contributed by atoms with Crippen molar-refractivity contribution < 1.29 is 13.2 Å². The van der Waals surface area contributed by atoms with Gasteiger partial charge >= 0.3 is 6.03 Å². The molecule has 0 unspecified atom stereocenters. The Bertz CT molecular complexity index is 1390. The number of hydrogen-bond acceptors (Lipinski definition) is 3. The molecule has 2 amide bonds. The molecule has 1 heterocycles. The van der Waals surface area contributed by atoms with Crippen LogP contribution in [0.5, 0.6) is 0 Å². The smallest absolute Gasteiger partial charge is 0.322 e. The fourth-order valence-corrected chi connectivity index (χ4v) is 6.22. The van der Waals surface area contributed by atoms with Crippen LogP contribution in [0.25, 0.3) is 11.1 Å². The summed E-state index contributed by atoms with van der Waals surface area (Å²) >= 11 is 0. The number of primary sulfonamides is 1. The molecule has 0 atom stereocenters. The lowest BCUT2D eigenvalue weighted by Gasteiger charge is -2.25. The predicted octanol–water partition coefficient (Wildman–Crippen LogP) is 5.16. The molecular weight excluding hydrogens is 458 g/mol. The Kier molecular flexibility index (Phi) is 5.93. The van der Waals surface area contributed by atoms with Gasteiger partial charge in [0.15, 0.2) is 0 Å². The number of aryl methyl sites for hydroxylation is 2. The topological polar surface area (TPSA) is 92.5 Å². The van der Waals surface area contributed by atoms with Crippen LogP contribution < -0.4 is 15.4 Å². The van der Waals surface area contributed by atoms with Gasteiger partial charge in [0.05, 0.1) is 4.90 Å². The first-order valence-electron chi connectivity index (χ1n) is 12.1. The summed E-state index contributed by atoms with van der Waals surface area (Å²) in [7, 11) is -3.73. The van der Waals surface area contributed by atoms with Gasteiger partial charge in [0, 0.05) is 24.2 Å². The van der Waals surface area contributed by atoms with E-state index >= 15 is 0 Å². The van der Waals surface area contributed by atoms with Gasteiger partial charge in [0.25, 0.3) is 0 Å². The molecule has 35 heavy (non-hydrogen) atoms. The van der Waals surface area contributed by atoms with Crippen molar-refractivity contribution >= 4 is 21.7 Å². The number of rotatable bonds is 4. The predicted molar refractivity (Wildman–Crippen MR) is 139 cm³/mol. The molecule has 182 valence electrons. The number of hydrogen-bond donors (Lipinski definition) is 2. The van der Waals surface area contributed by atoms with Crippen molar-refractivity contribution in [1.29, 1.82) is 0 Å². The quantitative estimate of drug-likeness (QED) is 0.530. The first-order chi connectivity index (χ1) is 16.7. The number of nitrogens with one attached hydrogen (secondary N) is 1. The fourth-order valence-electron chi connectivity index (χ4n) is 5.70.